The summed E-state index contributed by atoms with van der Waals surface area (Å²) >= 11 is 0. The van der Waals surface area contributed by atoms with Crippen LogP contribution in [-0.2, 0) is 0 Å². The third-order valence-electron chi connectivity index (χ3n) is 3.29. The highest BCUT2D eigenvalue weighted by Gasteiger charge is 2.10. The van der Waals surface area contributed by atoms with Gasteiger partial charge in [0.1, 0.15) is 0 Å². The predicted molar refractivity (Wildman–Crippen MR) is 63.2 cm³/mol. The summed E-state index contributed by atoms with van der Waals surface area (Å²) < 4.78 is 0. The van der Waals surface area contributed by atoms with Crippen molar-refractivity contribution in [1.82, 2.24) is 9.97 Å². The molecule has 0 bridgehead atoms. The Kier molecular flexibility index (Phi) is 2.22. The van der Waals surface area contributed by atoms with Gasteiger partial charge in [-0.3, -0.25) is 4.98 Å². The van der Waals surface area contributed by atoms with Crippen molar-refractivity contribution in [1.29, 1.82) is 0 Å². The van der Waals surface area contributed by atoms with Crippen molar-refractivity contribution in [2.75, 3.05) is 0 Å². The molecule has 2 aromatic rings. The first-order chi connectivity index (χ1) is 7.02. The van der Waals surface area contributed by atoms with Crippen molar-refractivity contribution in [2.45, 2.75) is 34.6 Å². The summed E-state index contributed by atoms with van der Waals surface area (Å²) in [6.45, 7) is 10.5. The lowest BCUT2D eigenvalue weighted by Crippen LogP contribution is -1.98. The summed E-state index contributed by atoms with van der Waals surface area (Å²) in [6.07, 6.45) is 1.84. The van der Waals surface area contributed by atoms with Gasteiger partial charge < -0.3 is 0 Å². The maximum atomic E-state index is 4.58. The van der Waals surface area contributed by atoms with Gasteiger partial charge >= 0.3 is 0 Å². The van der Waals surface area contributed by atoms with Crippen LogP contribution >= 0.6 is 0 Å². The van der Waals surface area contributed by atoms with E-state index in [4.69, 9.17) is 0 Å². The predicted octanol–water partition coefficient (Wildman–Crippen LogP) is 3.17. The molecule has 0 saturated carbocycles. The highest BCUT2D eigenvalue weighted by atomic mass is 14.8. The van der Waals surface area contributed by atoms with Gasteiger partial charge in [0.15, 0.2) is 0 Å². The van der Waals surface area contributed by atoms with E-state index in [0.717, 1.165) is 16.7 Å². The molecule has 15 heavy (non-hydrogen) atoms. The molecule has 0 fully saturated rings. The van der Waals surface area contributed by atoms with Gasteiger partial charge in [0, 0.05) is 6.20 Å². The average Bonchev–Trinajstić information content (AvgIpc) is 2.23. The van der Waals surface area contributed by atoms with E-state index in [2.05, 4.69) is 37.7 Å². The molecule has 2 nitrogen and oxygen atoms in total. The van der Waals surface area contributed by atoms with Crippen LogP contribution in [0.3, 0.4) is 0 Å². The molecule has 1 aromatic carbocycles. The van der Waals surface area contributed by atoms with Crippen LogP contribution in [0.25, 0.3) is 11.0 Å². The zero-order chi connectivity index (χ0) is 11.2. The number of benzene rings is 1. The smallest absolute Gasteiger partial charge is 0.0924 e. The molecule has 2 heteroatoms. The highest BCUT2D eigenvalue weighted by Crippen LogP contribution is 2.26. The number of aromatic nitrogens is 2. The molecule has 1 aromatic heterocycles. The standard InChI is InChI=1S/C13H16N2/c1-7-6-14-12-10(4)8(2)9(3)11(5)13(12)15-7/h6H,1-5H3. The summed E-state index contributed by atoms with van der Waals surface area (Å²) in [7, 11) is 0. The van der Waals surface area contributed by atoms with E-state index in [1.165, 1.54) is 22.3 Å². The van der Waals surface area contributed by atoms with Gasteiger partial charge in [0.25, 0.3) is 0 Å². The van der Waals surface area contributed by atoms with Crippen LogP contribution in [0.5, 0.6) is 0 Å². The molecule has 0 aliphatic carbocycles. The van der Waals surface area contributed by atoms with Gasteiger partial charge in [-0.05, 0) is 56.9 Å². The van der Waals surface area contributed by atoms with Crippen molar-refractivity contribution >= 4 is 11.0 Å². The minimum Gasteiger partial charge on any atom is -0.252 e. The zero-order valence-corrected chi connectivity index (χ0v) is 9.97. The number of hydrogen-bond donors (Lipinski definition) is 0. The van der Waals surface area contributed by atoms with Crippen LogP contribution in [0.15, 0.2) is 6.20 Å². The lowest BCUT2D eigenvalue weighted by molar-refractivity contribution is 1.14. The first-order valence-corrected chi connectivity index (χ1v) is 5.22. The van der Waals surface area contributed by atoms with E-state index in [-0.39, 0.29) is 0 Å². The van der Waals surface area contributed by atoms with Crippen molar-refractivity contribution in [3.63, 3.8) is 0 Å². The fourth-order valence-corrected chi connectivity index (χ4v) is 1.93. The summed E-state index contributed by atoms with van der Waals surface area (Å²) in [5, 5.41) is 0. The largest absolute Gasteiger partial charge is 0.252 e. The van der Waals surface area contributed by atoms with E-state index >= 15 is 0 Å². The monoisotopic (exact) mass is 200 g/mol. The quantitative estimate of drug-likeness (QED) is 0.652. The Balaban J connectivity index is 3.00. The summed E-state index contributed by atoms with van der Waals surface area (Å²) in [4.78, 5) is 9.06. The zero-order valence-electron chi connectivity index (χ0n) is 9.97. The van der Waals surface area contributed by atoms with Crippen LogP contribution in [0.2, 0.25) is 0 Å². The van der Waals surface area contributed by atoms with Crippen LogP contribution in [0.4, 0.5) is 0 Å². The number of rotatable bonds is 0. The maximum Gasteiger partial charge on any atom is 0.0924 e. The number of hydrogen-bond acceptors (Lipinski definition) is 2. The van der Waals surface area contributed by atoms with Crippen LogP contribution in [0, 0.1) is 34.6 Å². The Morgan fingerprint density at radius 1 is 0.733 bits per heavy atom. The number of fused-ring (bicyclic) bond motifs is 1. The molecule has 0 N–H and O–H groups in total. The second-order valence-corrected chi connectivity index (χ2v) is 4.21. The minimum absolute atomic E-state index is 0.980. The van der Waals surface area contributed by atoms with Gasteiger partial charge in [-0.2, -0.15) is 0 Å². The minimum atomic E-state index is 0.980. The molecule has 0 spiro atoms. The average molecular weight is 200 g/mol. The lowest BCUT2D eigenvalue weighted by Gasteiger charge is -2.12. The third-order valence-corrected chi connectivity index (χ3v) is 3.29. The van der Waals surface area contributed by atoms with Crippen molar-refractivity contribution in [3.8, 4) is 0 Å². The SMILES string of the molecule is Cc1cnc2c(C)c(C)c(C)c(C)c2n1. The molecule has 0 aliphatic rings. The Morgan fingerprint density at radius 2 is 1.27 bits per heavy atom. The van der Waals surface area contributed by atoms with Crippen molar-refractivity contribution in [2.24, 2.45) is 0 Å². The number of nitrogens with zero attached hydrogens (tertiary/aromatic N) is 2. The van der Waals surface area contributed by atoms with Gasteiger partial charge in [-0.1, -0.05) is 0 Å². The molecule has 78 valence electrons. The summed E-state index contributed by atoms with van der Waals surface area (Å²) in [5.41, 5.74) is 8.24. The molecule has 0 saturated heterocycles. The third kappa shape index (κ3) is 1.41. The van der Waals surface area contributed by atoms with E-state index in [0.29, 0.717) is 0 Å². The molecule has 0 unspecified atom stereocenters. The van der Waals surface area contributed by atoms with Crippen molar-refractivity contribution < 1.29 is 0 Å². The molecule has 0 amide bonds. The molecule has 1 heterocycles. The van der Waals surface area contributed by atoms with E-state index in [1.54, 1.807) is 0 Å². The molecular formula is C13H16N2. The maximum absolute atomic E-state index is 4.58. The Labute approximate surface area is 90.4 Å². The fourth-order valence-electron chi connectivity index (χ4n) is 1.93. The second kappa shape index (κ2) is 3.30. The first-order valence-electron chi connectivity index (χ1n) is 5.22. The first kappa shape index (κ1) is 10.1. The Bertz CT molecular complexity index is 542. The molecule has 0 aliphatic heterocycles. The number of aryl methyl sites for hydroxylation is 3. The highest BCUT2D eigenvalue weighted by molar-refractivity contribution is 5.83. The van der Waals surface area contributed by atoms with E-state index < -0.39 is 0 Å². The topological polar surface area (TPSA) is 25.8 Å². The van der Waals surface area contributed by atoms with Gasteiger partial charge in [-0.15, -0.1) is 0 Å². The van der Waals surface area contributed by atoms with Crippen LogP contribution < -0.4 is 0 Å². The van der Waals surface area contributed by atoms with Crippen LogP contribution in [-0.4, -0.2) is 9.97 Å². The van der Waals surface area contributed by atoms with Gasteiger partial charge in [0.05, 0.1) is 16.7 Å². The van der Waals surface area contributed by atoms with Gasteiger partial charge in [-0.25, -0.2) is 4.98 Å². The summed E-state index contributed by atoms with van der Waals surface area (Å²) in [5.74, 6) is 0. The van der Waals surface area contributed by atoms with E-state index in [1.807, 2.05) is 13.1 Å². The Hall–Kier alpha value is -1.44. The molecule has 2 rings (SSSR count). The lowest BCUT2D eigenvalue weighted by atomic mass is 9.97. The molecule has 0 radical (unpaired) electrons. The van der Waals surface area contributed by atoms with E-state index in [9.17, 15) is 0 Å². The molecular weight excluding hydrogens is 184 g/mol. The molecule has 0 atom stereocenters. The van der Waals surface area contributed by atoms with Gasteiger partial charge in [0.2, 0.25) is 0 Å². The second-order valence-electron chi connectivity index (χ2n) is 4.21. The van der Waals surface area contributed by atoms with Crippen molar-refractivity contribution in [3.05, 3.63) is 34.1 Å². The normalized spacial score (nSPS) is 11.0. The van der Waals surface area contributed by atoms with Crippen LogP contribution in [0.1, 0.15) is 27.9 Å². The Morgan fingerprint density at radius 3 is 1.87 bits per heavy atom. The fraction of sp³-hybridized carbons (Fsp3) is 0.385. The summed E-state index contributed by atoms with van der Waals surface area (Å²) in [6, 6.07) is 0.